The monoisotopic (exact) mass is 247 g/mol. The van der Waals surface area contributed by atoms with Crippen LogP contribution in [0.3, 0.4) is 0 Å². The van der Waals surface area contributed by atoms with E-state index >= 15 is 0 Å². The molecule has 1 N–H and O–H groups in total. The van der Waals surface area contributed by atoms with Crippen LogP contribution in [0, 0.1) is 5.82 Å². The van der Waals surface area contributed by atoms with Crippen LogP contribution in [-0.2, 0) is 0 Å². The molecule has 0 aliphatic heterocycles. The summed E-state index contributed by atoms with van der Waals surface area (Å²) in [6, 6.07) is 7.86. The number of halogens is 2. The Morgan fingerprint density at radius 2 is 1.94 bits per heavy atom. The molecule has 0 fully saturated rings. The van der Waals surface area contributed by atoms with Crippen LogP contribution < -0.4 is 0 Å². The van der Waals surface area contributed by atoms with E-state index in [0.717, 1.165) is 11.1 Å². The molecule has 3 aromatic rings. The van der Waals surface area contributed by atoms with Gasteiger partial charge in [0.2, 0.25) is 0 Å². The van der Waals surface area contributed by atoms with E-state index in [9.17, 15) is 4.39 Å². The Balaban J connectivity index is 2.14. The molecule has 17 heavy (non-hydrogen) atoms. The van der Waals surface area contributed by atoms with Crippen molar-refractivity contribution in [2.24, 2.45) is 0 Å². The number of nitrogens with one attached hydrogen (secondary N) is 1. The van der Waals surface area contributed by atoms with Crippen LogP contribution in [0.4, 0.5) is 4.39 Å². The summed E-state index contributed by atoms with van der Waals surface area (Å²) in [5.41, 5.74) is 2.16. The molecule has 3 nitrogen and oxygen atoms in total. The van der Waals surface area contributed by atoms with E-state index in [4.69, 9.17) is 11.6 Å². The number of hydrogen-bond donors (Lipinski definition) is 1. The zero-order valence-corrected chi connectivity index (χ0v) is 9.37. The first-order chi connectivity index (χ1) is 8.22. The van der Waals surface area contributed by atoms with Crippen LogP contribution in [-0.4, -0.2) is 15.0 Å². The molecule has 0 aliphatic rings. The van der Waals surface area contributed by atoms with E-state index in [0.29, 0.717) is 16.5 Å². The molecule has 5 heteroatoms. The van der Waals surface area contributed by atoms with Crippen molar-refractivity contribution < 1.29 is 4.39 Å². The number of pyridine rings is 1. The van der Waals surface area contributed by atoms with E-state index in [2.05, 4.69) is 15.0 Å². The van der Waals surface area contributed by atoms with Gasteiger partial charge in [0.1, 0.15) is 11.6 Å². The van der Waals surface area contributed by atoms with Gasteiger partial charge in [-0.3, -0.25) is 0 Å². The van der Waals surface area contributed by atoms with Crippen molar-refractivity contribution in [3.8, 4) is 11.4 Å². The first kappa shape index (κ1) is 10.2. The lowest BCUT2D eigenvalue weighted by Crippen LogP contribution is -1.80. The quantitative estimate of drug-likeness (QED) is 0.716. The fourth-order valence-electron chi connectivity index (χ4n) is 1.62. The number of aromatic amines is 1. The second kappa shape index (κ2) is 3.82. The Hall–Kier alpha value is -1.94. The van der Waals surface area contributed by atoms with Gasteiger partial charge in [0.15, 0.2) is 5.65 Å². The highest BCUT2D eigenvalue weighted by Gasteiger charge is 2.06. The average Bonchev–Trinajstić information content (AvgIpc) is 2.72. The number of imidazole rings is 1. The van der Waals surface area contributed by atoms with Crippen LogP contribution in [0.1, 0.15) is 0 Å². The molecular weight excluding hydrogens is 241 g/mol. The van der Waals surface area contributed by atoms with E-state index in [-0.39, 0.29) is 5.82 Å². The number of aromatic nitrogens is 3. The van der Waals surface area contributed by atoms with Crippen LogP contribution in [0.5, 0.6) is 0 Å². The van der Waals surface area contributed by atoms with Crippen LogP contribution >= 0.6 is 11.6 Å². The molecular formula is C12H7ClFN3. The van der Waals surface area contributed by atoms with Gasteiger partial charge in [0.25, 0.3) is 0 Å². The first-order valence-corrected chi connectivity index (χ1v) is 5.37. The third-order valence-electron chi connectivity index (χ3n) is 2.42. The predicted octanol–water partition coefficient (Wildman–Crippen LogP) is 3.42. The molecule has 0 spiro atoms. The van der Waals surface area contributed by atoms with Gasteiger partial charge >= 0.3 is 0 Å². The Labute approximate surface area is 101 Å². The Morgan fingerprint density at radius 3 is 2.71 bits per heavy atom. The summed E-state index contributed by atoms with van der Waals surface area (Å²) in [6.45, 7) is 0. The van der Waals surface area contributed by atoms with Crippen molar-refractivity contribution in [2.45, 2.75) is 0 Å². The predicted molar refractivity (Wildman–Crippen MR) is 64.3 cm³/mol. The minimum atomic E-state index is -0.272. The van der Waals surface area contributed by atoms with Crippen molar-refractivity contribution in [1.82, 2.24) is 15.0 Å². The Bertz CT molecular complexity index is 676. The largest absolute Gasteiger partial charge is 0.337 e. The maximum absolute atomic E-state index is 12.8. The van der Waals surface area contributed by atoms with Crippen LogP contribution in [0.25, 0.3) is 22.6 Å². The Kier molecular flexibility index (Phi) is 2.30. The summed E-state index contributed by atoms with van der Waals surface area (Å²) in [6.07, 6.45) is 1.54. The molecule has 0 unspecified atom stereocenters. The topological polar surface area (TPSA) is 41.6 Å². The van der Waals surface area contributed by atoms with E-state index in [1.165, 1.54) is 12.1 Å². The number of rotatable bonds is 1. The van der Waals surface area contributed by atoms with Crippen molar-refractivity contribution in [1.29, 1.82) is 0 Å². The lowest BCUT2D eigenvalue weighted by atomic mass is 10.2. The van der Waals surface area contributed by atoms with Gasteiger partial charge in [-0.25, -0.2) is 14.4 Å². The molecule has 2 heterocycles. The third-order valence-corrected chi connectivity index (χ3v) is 2.63. The van der Waals surface area contributed by atoms with E-state index in [1.54, 1.807) is 24.4 Å². The zero-order valence-electron chi connectivity index (χ0n) is 8.61. The maximum atomic E-state index is 12.8. The van der Waals surface area contributed by atoms with Gasteiger partial charge in [-0.05, 0) is 30.3 Å². The molecule has 84 valence electrons. The fourth-order valence-corrected chi connectivity index (χ4v) is 1.78. The summed E-state index contributed by atoms with van der Waals surface area (Å²) in [7, 11) is 0. The van der Waals surface area contributed by atoms with Crippen LogP contribution in [0.2, 0.25) is 5.02 Å². The lowest BCUT2D eigenvalue weighted by Gasteiger charge is -1.94. The summed E-state index contributed by atoms with van der Waals surface area (Å²) in [4.78, 5) is 11.5. The van der Waals surface area contributed by atoms with Crippen LogP contribution in [0.15, 0.2) is 36.5 Å². The van der Waals surface area contributed by atoms with E-state index in [1.807, 2.05) is 0 Å². The second-order valence-corrected chi connectivity index (χ2v) is 4.05. The normalized spacial score (nSPS) is 10.9. The molecule has 2 aromatic heterocycles. The number of H-pyrrole nitrogens is 1. The summed E-state index contributed by atoms with van der Waals surface area (Å²) >= 11 is 5.83. The highest BCUT2D eigenvalue weighted by molar-refractivity contribution is 6.31. The molecule has 0 bridgehead atoms. The van der Waals surface area contributed by atoms with Crippen molar-refractivity contribution >= 4 is 22.8 Å². The van der Waals surface area contributed by atoms with Gasteiger partial charge < -0.3 is 4.98 Å². The number of fused-ring (bicyclic) bond motifs is 1. The second-order valence-electron chi connectivity index (χ2n) is 3.62. The van der Waals surface area contributed by atoms with Gasteiger partial charge in [-0.2, -0.15) is 0 Å². The minimum absolute atomic E-state index is 0.272. The van der Waals surface area contributed by atoms with Gasteiger partial charge in [0.05, 0.1) is 10.5 Å². The van der Waals surface area contributed by atoms with E-state index < -0.39 is 0 Å². The molecule has 0 aliphatic carbocycles. The molecule has 3 rings (SSSR count). The molecule has 1 aromatic carbocycles. The third kappa shape index (κ3) is 1.87. The SMILES string of the molecule is Fc1ccc(-c2nc3ncc(Cl)cc3[nH]2)cc1. The highest BCUT2D eigenvalue weighted by atomic mass is 35.5. The smallest absolute Gasteiger partial charge is 0.178 e. The summed E-state index contributed by atoms with van der Waals surface area (Å²) in [5, 5.41) is 0.548. The van der Waals surface area contributed by atoms with Gasteiger partial charge in [-0.15, -0.1) is 0 Å². The molecule has 0 saturated heterocycles. The van der Waals surface area contributed by atoms with Crippen molar-refractivity contribution in [3.63, 3.8) is 0 Å². The molecule has 0 amide bonds. The first-order valence-electron chi connectivity index (χ1n) is 4.99. The highest BCUT2D eigenvalue weighted by Crippen LogP contribution is 2.21. The average molecular weight is 248 g/mol. The summed E-state index contributed by atoms with van der Waals surface area (Å²) in [5.74, 6) is 0.376. The maximum Gasteiger partial charge on any atom is 0.178 e. The minimum Gasteiger partial charge on any atom is -0.337 e. The molecule has 0 atom stereocenters. The number of hydrogen-bond acceptors (Lipinski definition) is 2. The summed E-state index contributed by atoms with van der Waals surface area (Å²) < 4.78 is 12.8. The molecule has 0 radical (unpaired) electrons. The number of benzene rings is 1. The fraction of sp³-hybridized carbons (Fsp3) is 0. The Morgan fingerprint density at radius 1 is 1.18 bits per heavy atom. The zero-order chi connectivity index (χ0) is 11.8. The molecule has 0 saturated carbocycles. The van der Waals surface area contributed by atoms with Crippen molar-refractivity contribution in [3.05, 3.63) is 47.4 Å². The standard InChI is InChI=1S/C12H7ClFN3/c13-8-5-10-12(15-6-8)17-11(16-10)7-1-3-9(14)4-2-7/h1-6H,(H,15,16,17). The van der Waals surface area contributed by atoms with Crippen molar-refractivity contribution in [2.75, 3.05) is 0 Å². The van der Waals surface area contributed by atoms with Gasteiger partial charge in [0, 0.05) is 11.8 Å². The lowest BCUT2D eigenvalue weighted by molar-refractivity contribution is 0.628. The number of nitrogens with zero attached hydrogens (tertiary/aromatic N) is 2. The van der Waals surface area contributed by atoms with Gasteiger partial charge in [-0.1, -0.05) is 11.6 Å².